The smallest absolute Gasteiger partial charge is 0.257 e. The Balaban J connectivity index is 0.00000104. The van der Waals surface area contributed by atoms with Crippen LogP contribution in [0.25, 0.3) is 0 Å². The van der Waals surface area contributed by atoms with E-state index in [-0.39, 0.29) is 12.3 Å². The number of aliphatic hydroxyl groups is 1. The van der Waals surface area contributed by atoms with E-state index in [1.165, 1.54) is 64.2 Å². The van der Waals surface area contributed by atoms with Crippen LogP contribution in [0.3, 0.4) is 0 Å². The fourth-order valence-corrected chi connectivity index (χ4v) is 4.18. The molecule has 2 fully saturated rings. The molecule has 0 aromatic rings. The summed E-state index contributed by atoms with van der Waals surface area (Å²) < 4.78 is 5.97. The lowest BCUT2D eigenvalue weighted by Crippen LogP contribution is -2.41. The summed E-state index contributed by atoms with van der Waals surface area (Å²) in [6, 6.07) is 0.460. The van der Waals surface area contributed by atoms with Crippen LogP contribution in [0.4, 0.5) is 0 Å². The number of aliphatic hydroxyl groups excluding tert-OH is 1. The third-order valence-electron chi connectivity index (χ3n) is 5.31. The third-order valence-corrected chi connectivity index (χ3v) is 5.52. The van der Waals surface area contributed by atoms with E-state index < -0.39 is 5.17 Å². The predicted molar refractivity (Wildman–Crippen MR) is 113 cm³/mol. The summed E-state index contributed by atoms with van der Waals surface area (Å²) in [6.07, 6.45) is 13.8. The van der Waals surface area contributed by atoms with Gasteiger partial charge in [0.15, 0.2) is 0 Å². The number of rotatable bonds is 4. The van der Waals surface area contributed by atoms with Gasteiger partial charge < -0.3 is 27.0 Å². The molecule has 0 heterocycles. The molecule has 2 atom stereocenters. The maximum atomic E-state index is 7.56. The number of thiocarbonyl (C=S) groups is 2. The van der Waals surface area contributed by atoms with Crippen LogP contribution in [0.2, 0.25) is 0 Å². The highest BCUT2D eigenvalue weighted by atomic mass is 32.1. The first-order chi connectivity index (χ1) is 11.4. The molecule has 0 amide bonds. The van der Waals surface area contributed by atoms with Gasteiger partial charge in [-0.3, -0.25) is 0 Å². The van der Waals surface area contributed by atoms with Crippen molar-refractivity contribution in [2.75, 3.05) is 0 Å². The van der Waals surface area contributed by atoms with Crippen molar-refractivity contribution in [2.24, 2.45) is 17.6 Å². The highest BCUT2D eigenvalue weighted by Crippen LogP contribution is 2.28. The van der Waals surface area contributed by atoms with E-state index in [4.69, 9.17) is 22.1 Å². The van der Waals surface area contributed by atoms with Crippen LogP contribution in [0, 0.1) is 11.8 Å². The zero-order valence-corrected chi connectivity index (χ0v) is 17.5. The first kappa shape index (κ1) is 24.3. The van der Waals surface area contributed by atoms with Crippen molar-refractivity contribution in [3.8, 4) is 0 Å². The Morgan fingerprint density at radius 2 is 1.36 bits per heavy atom. The minimum atomic E-state index is -0.500. The van der Waals surface area contributed by atoms with E-state index in [2.05, 4.69) is 37.1 Å². The molecule has 0 aromatic carbocycles. The second-order valence-electron chi connectivity index (χ2n) is 7.18. The molecule has 2 aliphatic carbocycles. The van der Waals surface area contributed by atoms with Crippen molar-refractivity contribution in [1.82, 2.24) is 11.5 Å². The number of ether oxygens (including phenoxy) is 1. The normalized spacial score (nSPS) is 20.9. The van der Waals surface area contributed by atoms with E-state index in [0.717, 1.165) is 5.92 Å². The van der Waals surface area contributed by atoms with Gasteiger partial charge in [0.2, 0.25) is 0 Å². The van der Waals surface area contributed by atoms with Crippen LogP contribution >= 0.6 is 24.4 Å². The Bertz CT molecular complexity index is 353. The fourth-order valence-electron chi connectivity index (χ4n) is 3.84. The van der Waals surface area contributed by atoms with Gasteiger partial charge in [-0.25, -0.2) is 0 Å². The van der Waals surface area contributed by atoms with Gasteiger partial charge in [0.05, 0.1) is 0 Å². The molecular formula is C18H37N3O2S2. The Hall–Kier alpha value is -0.660. The average Bonchev–Trinajstić information content (AvgIpc) is 2.55. The van der Waals surface area contributed by atoms with Crippen LogP contribution in [0.1, 0.15) is 78.1 Å². The maximum absolute atomic E-state index is 7.56. The SMILES string of the molecule is CC(NC(=S)OC(C)C1CCCCC1)C1CCCCC1.N.NC(O)=S. The van der Waals surface area contributed by atoms with E-state index >= 15 is 0 Å². The lowest BCUT2D eigenvalue weighted by molar-refractivity contribution is 0.108. The first-order valence-electron chi connectivity index (χ1n) is 9.35. The largest absolute Gasteiger partial charge is 0.487 e. The van der Waals surface area contributed by atoms with Gasteiger partial charge in [-0.1, -0.05) is 38.5 Å². The summed E-state index contributed by atoms with van der Waals surface area (Å²) in [4.78, 5) is 0. The molecule has 2 saturated carbocycles. The average molecular weight is 392 g/mol. The first-order valence-corrected chi connectivity index (χ1v) is 10.2. The van der Waals surface area contributed by atoms with Crippen molar-refractivity contribution in [2.45, 2.75) is 90.2 Å². The minimum Gasteiger partial charge on any atom is -0.487 e. The predicted octanol–water partition coefficient (Wildman–Crippen LogP) is 4.77. The zero-order chi connectivity index (χ0) is 17.9. The lowest BCUT2D eigenvalue weighted by atomic mass is 9.84. The molecule has 7 N–H and O–H groups in total. The second-order valence-corrected chi connectivity index (χ2v) is 7.97. The number of hydrogen-bond donors (Lipinski definition) is 4. The standard InChI is InChI=1S/C17H31NOS.CH3NOS.H3N/c1-13(15-9-5-3-6-10-15)18-17(20)19-14(2)16-11-7-4-8-12-16;2-1(3)4;/h13-16H,3-12H2,1-2H3,(H,18,20);(H3,2,3,4);1H3. The van der Waals surface area contributed by atoms with E-state index in [0.29, 0.717) is 17.1 Å². The van der Waals surface area contributed by atoms with Crippen LogP contribution in [-0.4, -0.2) is 27.6 Å². The lowest BCUT2D eigenvalue weighted by Gasteiger charge is -2.31. The Morgan fingerprint density at radius 3 is 1.80 bits per heavy atom. The number of hydrogen-bond acceptors (Lipinski definition) is 4. The zero-order valence-electron chi connectivity index (χ0n) is 15.8. The molecule has 0 aliphatic heterocycles. The molecule has 7 heteroatoms. The highest BCUT2D eigenvalue weighted by Gasteiger charge is 2.24. The van der Waals surface area contributed by atoms with Gasteiger partial charge >= 0.3 is 0 Å². The molecule has 2 unspecified atom stereocenters. The molecule has 0 aromatic heterocycles. The fraction of sp³-hybridized carbons (Fsp3) is 0.889. The van der Waals surface area contributed by atoms with Gasteiger partial charge in [0.1, 0.15) is 6.10 Å². The van der Waals surface area contributed by atoms with Gasteiger partial charge in [0, 0.05) is 6.04 Å². The molecule has 2 aliphatic rings. The summed E-state index contributed by atoms with van der Waals surface area (Å²) in [5.74, 6) is 1.48. The second kappa shape index (κ2) is 13.5. The van der Waals surface area contributed by atoms with Gasteiger partial charge in [-0.15, -0.1) is 0 Å². The van der Waals surface area contributed by atoms with Crippen LogP contribution in [-0.2, 0) is 4.74 Å². The van der Waals surface area contributed by atoms with Gasteiger partial charge in [-0.05, 0) is 75.8 Å². The maximum Gasteiger partial charge on any atom is 0.257 e. The number of nitrogens with one attached hydrogen (secondary N) is 1. The summed E-state index contributed by atoms with van der Waals surface area (Å²) in [6.45, 7) is 4.45. The number of nitrogens with two attached hydrogens (primary N) is 1. The molecule has 0 spiro atoms. The highest BCUT2D eigenvalue weighted by molar-refractivity contribution is 7.80. The van der Waals surface area contributed by atoms with Gasteiger partial charge in [0.25, 0.3) is 10.3 Å². The van der Waals surface area contributed by atoms with Crippen molar-refractivity contribution >= 4 is 34.8 Å². The van der Waals surface area contributed by atoms with Crippen molar-refractivity contribution < 1.29 is 9.84 Å². The van der Waals surface area contributed by atoms with E-state index in [9.17, 15) is 0 Å². The Labute approximate surface area is 164 Å². The van der Waals surface area contributed by atoms with Crippen LogP contribution in [0.5, 0.6) is 0 Å². The van der Waals surface area contributed by atoms with Crippen molar-refractivity contribution in [3.05, 3.63) is 0 Å². The van der Waals surface area contributed by atoms with E-state index in [1.54, 1.807) is 0 Å². The molecule has 25 heavy (non-hydrogen) atoms. The summed E-state index contributed by atoms with van der Waals surface area (Å²) >= 11 is 9.28. The summed E-state index contributed by atoms with van der Waals surface area (Å²) in [5, 5.41) is 11.1. The van der Waals surface area contributed by atoms with Gasteiger partial charge in [-0.2, -0.15) is 0 Å². The summed E-state index contributed by atoms with van der Waals surface area (Å²) in [7, 11) is 0. The molecule has 0 radical (unpaired) electrons. The Kier molecular flexibility index (Phi) is 13.2. The molecule has 5 nitrogen and oxygen atoms in total. The van der Waals surface area contributed by atoms with Crippen LogP contribution in [0.15, 0.2) is 0 Å². The van der Waals surface area contributed by atoms with Crippen molar-refractivity contribution in [1.29, 1.82) is 0 Å². The molecule has 148 valence electrons. The minimum absolute atomic E-state index is 0. The third kappa shape index (κ3) is 10.8. The molecule has 0 saturated heterocycles. The Morgan fingerprint density at radius 1 is 0.960 bits per heavy atom. The van der Waals surface area contributed by atoms with Crippen molar-refractivity contribution in [3.63, 3.8) is 0 Å². The molecule has 0 bridgehead atoms. The quantitative estimate of drug-likeness (QED) is 0.512. The molecular weight excluding hydrogens is 354 g/mol. The topological polar surface area (TPSA) is 103 Å². The monoisotopic (exact) mass is 391 g/mol. The summed E-state index contributed by atoms with van der Waals surface area (Å²) in [5.41, 5.74) is 4.40. The van der Waals surface area contributed by atoms with E-state index in [1.807, 2.05) is 0 Å². The molecule has 2 rings (SSSR count). The van der Waals surface area contributed by atoms with Crippen LogP contribution < -0.4 is 17.2 Å².